The Hall–Kier alpha value is -3.91. The number of hydrogen-bond acceptors (Lipinski definition) is 8. The second-order valence-electron chi connectivity index (χ2n) is 8.50. The van der Waals surface area contributed by atoms with Crippen molar-refractivity contribution in [1.82, 2.24) is 30.4 Å². The van der Waals surface area contributed by atoms with Crippen molar-refractivity contribution >= 4 is 29.4 Å². The zero-order chi connectivity index (χ0) is 27.6. The van der Waals surface area contributed by atoms with Crippen LogP contribution in [0.15, 0.2) is 35.6 Å². The van der Waals surface area contributed by atoms with Crippen molar-refractivity contribution in [3.63, 3.8) is 0 Å². The maximum atomic E-state index is 12.4. The van der Waals surface area contributed by atoms with E-state index in [4.69, 9.17) is 5.73 Å². The molecule has 0 saturated carbocycles. The second kappa shape index (κ2) is 17.5. The number of nitrogens with one attached hydrogen (secondary N) is 3. The molecule has 11 heteroatoms. The van der Waals surface area contributed by atoms with Gasteiger partial charge in [0, 0.05) is 46.2 Å². The van der Waals surface area contributed by atoms with Crippen LogP contribution in [0.4, 0.5) is 11.8 Å². The number of amides is 2. The first kappa shape index (κ1) is 31.1. The molecule has 0 saturated heterocycles. The van der Waals surface area contributed by atoms with E-state index in [2.05, 4.69) is 49.7 Å². The number of carbonyl (C=O) groups excluding carboxylic acids is 2. The average Bonchev–Trinajstić information content (AvgIpc) is 2.87. The first-order valence-corrected chi connectivity index (χ1v) is 12.3. The highest BCUT2D eigenvalue weighted by Crippen LogP contribution is 2.15. The molecule has 0 aromatic carbocycles. The fraction of sp³-hybridized carbons (Fsp3) is 0.500. The molecule has 0 bridgehead atoms. The highest BCUT2D eigenvalue weighted by molar-refractivity contribution is 5.93. The minimum absolute atomic E-state index is 0.204. The molecule has 1 heterocycles. The number of anilines is 1. The molecule has 0 unspecified atom stereocenters. The van der Waals surface area contributed by atoms with Gasteiger partial charge in [0.15, 0.2) is 0 Å². The topological polar surface area (TPSA) is 141 Å². The Kier molecular flexibility index (Phi) is 14.7. The van der Waals surface area contributed by atoms with E-state index in [1.165, 1.54) is 11.0 Å². The number of aromatic nitrogens is 2. The molecule has 11 nitrogen and oxygen atoms in total. The van der Waals surface area contributed by atoms with Crippen LogP contribution >= 0.6 is 0 Å². The van der Waals surface area contributed by atoms with Gasteiger partial charge in [-0.2, -0.15) is 9.98 Å². The van der Waals surface area contributed by atoms with Gasteiger partial charge >= 0.3 is 0 Å². The predicted octanol–water partition coefficient (Wildman–Crippen LogP) is 1.23. The van der Waals surface area contributed by atoms with E-state index < -0.39 is 6.04 Å². The van der Waals surface area contributed by atoms with Gasteiger partial charge < -0.3 is 31.5 Å². The van der Waals surface area contributed by atoms with Crippen LogP contribution < -0.4 is 21.7 Å². The number of aliphatic imine (C=N–C) groups is 1. The molecule has 37 heavy (non-hydrogen) atoms. The number of rotatable bonds is 14. The van der Waals surface area contributed by atoms with E-state index in [9.17, 15) is 9.59 Å². The maximum Gasteiger partial charge on any atom is 0.253 e. The van der Waals surface area contributed by atoms with Gasteiger partial charge in [0.1, 0.15) is 17.7 Å². The SMILES string of the molecule is CCCNc1nc(/N=C(N)\C=C/NC)ncc1C#CCCCNC(=O)[C@H](C)N(C)C(=O)/C=C/CN(C)C. The summed E-state index contributed by atoms with van der Waals surface area (Å²) in [6, 6.07) is -0.573. The smallest absolute Gasteiger partial charge is 0.253 e. The monoisotopic (exact) mass is 511 g/mol. The third-order valence-corrected chi connectivity index (χ3v) is 5.01. The Morgan fingerprint density at radius 1 is 1.24 bits per heavy atom. The van der Waals surface area contributed by atoms with E-state index in [0.717, 1.165) is 13.0 Å². The summed E-state index contributed by atoms with van der Waals surface area (Å²) in [5, 5.41) is 8.96. The summed E-state index contributed by atoms with van der Waals surface area (Å²) in [7, 11) is 7.23. The minimum atomic E-state index is -0.573. The Labute approximate surface area is 220 Å². The van der Waals surface area contributed by atoms with E-state index in [-0.39, 0.29) is 23.6 Å². The molecule has 2 amide bonds. The summed E-state index contributed by atoms with van der Waals surface area (Å²) < 4.78 is 0. The van der Waals surface area contributed by atoms with Gasteiger partial charge in [-0.25, -0.2) is 4.98 Å². The van der Waals surface area contributed by atoms with Crippen molar-refractivity contribution in [1.29, 1.82) is 0 Å². The summed E-state index contributed by atoms with van der Waals surface area (Å²) in [4.78, 5) is 40.9. The van der Waals surface area contributed by atoms with Gasteiger partial charge in [0.2, 0.25) is 11.8 Å². The number of likely N-dealkylation sites (N-methyl/N-ethyl adjacent to an activating group) is 2. The molecule has 0 fully saturated rings. The van der Waals surface area contributed by atoms with Crippen LogP contribution in [0.5, 0.6) is 0 Å². The Bertz CT molecular complexity index is 1020. The Morgan fingerprint density at radius 2 is 2.00 bits per heavy atom. The highest BCUT2D eigenvalue weighted by Gasteiger charge is 2.20. The van der Waals surface area contributed by atoms with Gasteiger partial charge in [-0.05, 0) is 46.1 Å². The van der Waals surface area contributed by atoms with Crippen LogP contribution in [0, 0.1) is 11.8 Å². The third kappa shape index (κ3) is 12.6. The lowest BCUT2D eigenvalue weighted by Crippen LogP contribution is -2.45. The summed E-state index contributed by atoms with van der Waals surface area (Å²) in [5.41, 5.74) is 6.51. The molecule has 0 aliphatic heterocycles. The first-order valence-electron chi connectivity index (χ1n) is 12.3. The number of carbonyl (C=O) groups is 2. The molecular formula is C26H41N9O2. The summed E-state index contributed by atoms with van der Waals surface area (Å²) in [6.07, 6.45) is 10.3. The van der Waals surface area contributed by atoms with Crippen LogP contribution in [0.2, 0.25) is 0 Å². The summed E-state index contributed by atoms with van der Waals surface area (Å²) in [6.45, 7) is 5.61. The second-order valence-corrected chi connectivity index (χ2v) is 8.50. The Balaban J connectivity index is 2.64. The van der Waals surface area contributed by atoms with Crippen molar-refractivity contribution in [3.8, 4) is 11.8 Å². The molecule has 1 rings (SSSR count). The maximum absolute atomic E-state index is 12.4. The van der Waals surface area contributed by atoms with Crippen LogP contribution in [-0.4, -0.2) is 91.3 Å². The fourth-order valence-electron chi connectivity index (χ4n) is 2.76. The van der Waals surface area contributed by atoms with Crippen LogP contribution in [0.1, 0.15) is 38.7 Å². The number of unbranched alkanes of at least 4 members (excludes halogenated alkanes) is 1. The van der Waals surface area contributed by atoms with E-state index in [0.29, 0.717) is 37.3 Å². The van der Waals surface area contributed by atoms with E-state index in [1.807, 2.05) is 19.0 Å². The van der Waals surface area contributed by atoms with Crippen molar-refractivity contribution in [2.45, 2.75) is 39.2 Å². The number of nitrogens with zero attached hydrogens (tertiary/aromatic N) is 5. The lowest BCUT2D eigenvalue weighted by molar-refractivity contribution is -0.135. The van der Waals surface area contributed by atoms with Crippen molar-refractivity contribution < 1.29 is 9.59 Å². The standard InChI is InChI=1S/C26H41N9O2/c1-7-15-29-24-21(19-31-26(33-24)32-22(27)14-17-28-3)12-9-8-10-16-30-25(37)20(2)35(6)23(36)13-11-18-34(4)5/h11,13-14,17,19-20,28H,7-8,10,15-16,18H2,1-6H3,(H,30,37)(H3,27,29,31,32,33)/b13-11+,17-14-/t20-/m0/s1. The predicted molar refractivity (Wildman–Crippen MR) is 149 cm³/mol. The molecule has 202 valence electrons. The molecule has 1 aromatic heterocycles. The van der Waals surface area contributed by atoms with Gasteiger partial charge in [-0.3, -0.25) is 9.59 Å². The van der Waals surface area contributed by atoms with Gasteiger partial charge in [0.25, 0.3) is 5.95 Å². The number of nitrogens with two attached hydrogens (primary N) is 1. The largest absolute Gasteiger partial charge is 0.394 e. The molecule has 1 atom stereocenters. The summed E-state index contributed by atoms with van der Waals surface area (Å²) >= 11 is 0. The van der Waals surface area contributed by atoms with Crippen molar-refractivity contribution in [3.05, 3.63) is 36.2 Å². The van der Waals surface area contributed by atoms with E-state index in [1.54, 1.807) is 45.6 Å². The highest BCUT2D eigenvalue weighted by atomic mass is 16.2. The molecule has 5 N–H and O–H groups in total. The third-order valence-electron chi connectivity index (χ3n) is 5.01. The molecule has 1 aromatic rings. The lowest BCUT2D eigenvalue weighted by Gasteiger charge is -2.23. The minimum Gasteiger partial charge on any atom is -0.394 e. The molecule has 0 radical (unpaired) electrons. The van der Waals surface area contributed by atoms with E-state index >= 15 is 0 Å². The van der Waals surface area contributed by atoms with Gasteiger partial charge in [-0.1, -0.05) is 24.8 Å². The lowest BCUT2D eigenvalue weighted by atomic mass is 10.2. The Morgan fingerprint density at radius 3 is 2.68 bits per heavy atom. The summed E-state index contributed by atoms with van der Waals surface area (Å²) in [5.74, 6) is 6.91. The zero-order valence-corrected chi connectivity index (χ0v) is 22.8. The molecule has 0 spiro atoms. The zero-order valence-electron chi connectivity index (χ0n) is 22.8. The van der Waals surface area contributed by atoms with Crippen LogP contribution in [0.25, 0.3) is 0 Å². The quantitative estimate of drug-likeness (QED) is 0.0961. The van der Waals surface area contributed by atoms with Gasteiger partial charge in [0.05, 0.1) is 11.8 Å². The number of hydrogen-bond donors (Lipinski definition) is 4. The fourth-order valence-corrected chi connectivity index (χ4v) is 2.76. The molecule has 0 aliphatic carbocycles. The van der Waals surface area contributed by atoms with Crippen molar-refractivity contribution in [2.75, 3.05) is 53.1 Å². The molecular weight excluding hydrogens is 470 g/mol. The molecule has 0 aliphatic rings. The van der Waals surface area contributed by atoms with Crippen LogP contribution in [0.3, 0.4) is 0 Å². The number of amidine groups is 1. The normalized spacial score (nSPS) is 12.4. The average molecular weight is 512 g/mol. The van der Waals surface area contributed by atoms with Gasteiger partial charge in [-0.15, -0.1) is 0 Å². The van der Waals surface area contributed by atoms with Crippen LogP contribution in [-0.2, 0) is 9.59 Å². The first-order chi connectivity index (χ1) is 17.7. The van der Waals surface area contributed by atoms with Crippen molar-refractivity contribution in [2.24, 2.45) is 10.7 Å².